The molecule has 3 nitrogen and oxygen atoms in total. The average molecular weight is 282 g/mol. The van der Waals surface area contributed by atoms with E-state index >= 15 is 0 Å². The van der Waals surface area contributed by atoms with Gasteiger partial charge in [-0.25, -0.2) is 4.39 Å². The van der Waals surface area contributed by atoms with Crippen LogP contribution < -0.4 is 15.2 Å². The van der Waals surface area contributed by atoms with Gasteiger partial charge < -0.3 is 15.2 Å². The van der Waals surface area contributed by atoms with Gasteiger partial charge in [0.1, 0.15) is 23.9 Å². The number of ether oxygens (including phenoxy) is 2. The quantitative estimate of drug-likeness (QED) is 0.870. The molecule has 19 heavy (non-hydrogen) atoms. The molecule has 0 aliphatic carbocycles. The Hall–Kier alpha value is -1.94. The summed E-state index contributed by atoms with van der Waals surface area (Å²) in [5, 5.41) is 0.0731. The first-order valence-corrected chi connectivity index (χ1v) is 5.99. The smallest absolute Gasteiger partial charge is 0.142 e. The Morgan fingerprint density at radius 1 is 1.26 bits per heavy atom. The predicted molar refractivity (Wildman–Crippen MR) is 73.1 cm³/mol. The summed E-state index contributed by atoms with van der Waals surface area (Å²) in [4.78, 5) is 0. The van der Waals surface area contributed by atoms with Gasteiger partial charge in [-0.3, -0.25) is 0 Å². The second kappa shape index (κ2) is 5.80. The zero-order chi connectivity index (χ0) is 13.8. The zero-order valence-corrected chi connectivity index (χ0v) is 11.1. The molecule has 0 saturated heterocycles. The minimum Gasteiger partial charge on any atom is -0.495 e. The summed E-state index contributed by atoms with van der Waals surface area (Å²) in [5.74, 6) is 0.687. The van der Waals surface area contributed by atoms with Gasteiger partial charge in [-0.15, -0.1) is 0 Å². The third-order valence-corrected chi connectivity index (χ3v) is 3.05. The SMILES string of the molecule is COc1ccc(OCc2cccc(F)c2Cl)cc1N. The van der Waals surface area contributed by atoms with Gasteiger partial charge in [-0.1, -0.05) is 23.7 Å². The van der Waals surface area contributed by atoms with Crippen LogP contribution in [0.5, 0.6) is 11.5 Å². The highest BCUT2D eigenvalue weighted by molar-refractivity contribution is 6.31. The van der Waals surface area contributed by atoms with E-state index < -0.39 is 5.82 Å². The monoisotopic (exact) mass is 281 g/mol. The van der Waals surface area contributed by atoms with E-state index in [0.717, 1.165) is 0 Å². The Labute approximate surface area is 115 Å². The van der Waals surface area contributed by atoms with Gasteiger partial charge in [0.05, 0.1) is 17.8 Å². The Balaban J connectivity index is 2.10. The Bertz CT molecular complexity index is 590. The van der Waals surface area contributed by atoms with Gasteiger partial charge in [-0.2, -0.15) is 0 Å². The molecule has 0 unspecified atom stereocenters. The second-order valence-corrected chi connectivity index (χ2v) is 4.28. The van der Waals surface area contributed by atoms with Crippen LogP contribution in [0.4, 0.5) is 10.1 Å². The molecule has 2 aromatic carbocycles. The van der Waals surface area contributed by atoms with Crippen molar-refractivity contribution in [3.05, 3.63) is 52.8 Å². The lowest BCUT2D eigenvalue weighted by atomic mass is 10.2. The molecule has 0 spiro atoms. The summed E-state index contributed by atoms with van der Waals surface area (Å²) in [6.45, 7) is 0.169. The van der Waals surface area contributed by atoms with Crippen molar-refractivity contribution in [3.63, 3.8) is 0 Å². The number of rotatable bonds is 4. The average Bonchev–Trinajstić information content (AvgIpc) is 2.40. The van der Waals surface area contributed by atoms with Crippen LogP contribution in [0.1, 0.15) is 5.56 Å². The number of methoxy groups -OCH3 is 1. The molecule has 0 aromatic heterocycles. The third-order valence-electron chi connectivity index (χ3n) is 2.63. The minimum atomic E-state index is -0.461. The van der Waals surface area contributed by atoms with Crippen LogP contribution in [0, 0.1) is 5.82 Å². The van der Waals surface area contributed by atoms with Crippen LogP contribution in [0.2, 0.25) is 5.02 Å². The molecule has 2 rings (SSSR count). The van der Waals surface area contributed by atoms with Gasteiger partial charge in [0, 0.05) is 11.6 Å². The predicted octanol–water partition coefficient (Wildman–Crippen LogP) is 3.65. The Morgan fingerprint density at radius 2 is 2.05 bits per heavy atom. The van der Waals surface area contributed by atoms with E-state index in [4.69, 9.17) is 26.8 Å². The molecule has 2 N–H and O–H groups in total. The molecule has 100 valence electrons. The number of benzene rings is 2. The van der Waals surface area contributed by atoms with E-state index in [-0.39, 0.29) is 11.6 Å². The van der Waals surface area contributed by atoms with E-state index in [2.05, 4.69) is 0 Å². The maximum atomic E-state index is 13.2. The normalized spacial score (nSPS) is 10.3. The van der Waals surface area contributed by atoms with Gasteiger partial charge in [0.15, 0.2) is 0 Å². The van der Waals surface area contributed by atoms with Crippen LogP contribution in [0.15, 0.2) is 36.4 Å². The molecule has 0 heterocycles. The van der Waals surface area contributed by atoms with Crippen molar-refractivity contribution in [1.29, 1.82) is 0 Å². The fourth-order valence-electron chi connectivity index (χ4n) is 1.62. The topological polar surface area (TPSA) is 44.5 Å². The molecule has 0 bridgehead atoms. The highest BCUT2D eigenvalue weighted by atomic mass is 35.5. The van der Waals surface area contributed by atoms with Crippen molar-refractivity contribution in [2.75, 3.05) is 12.8 Å². The number of nitrogens with two attached hydrogens (primary N) is 1. The van der Waals surface area contributed by atoms with Crippen LogP contribution in [0.3, 0.4) is 0 Å². The molecule has 0 radical (unpaired) electrons. The van der Waals surface area contributed by atoms with Gasteiger partial charge in [0.25, 0.3) is 0 Å². The van der Waals surface area contributed by atoms with Crippen LogP contribution in [-0.2, 0) is 6.61 Å². The number of hydrogen-bond acceptors (Lipinski definition) is 3. The van der Waals surface area contributed by atoms with Crippen molar-refractivity contribution < 1.29 is 13.9 Å². The summed E-state index contributed by atoms with van der Waals surface area (Å²) in [6.07, 6.45) is 0. The lowest BCUT2D eigenvalue weighted by molar-refractivity contribution is 0.305. The highest BCUT2D eigenvalue weighted by Crippen LogP contribution is 2.27. The molecule has 0 fully saturated rings. The fourth-order valence-corrected chi connectivity index (χ4v) is 1.80. The van der Waals surface area contributed by atoms with Crippen LogP contribution in [-0.4, -0.2) is 7.11 Å². The number of hydrogen-bond donors (Lipinski definition) is 1. The maximum absolute atomic E-state index is 13.2. The molecule has 0 atom stereocenters. The van der Waals surface area contributed by atoms with E-state index in [1.807, 2.05) is 0 Å². The molecular weight excluding hydrogens is 269 g/mol. The third kappa shape index (κ3) is 3.09. The lowest BCUT2D eigenvalue weighted by Crippen LogP contribution is -1.99. The molecule has 0 amide bonds. The first-order chi connectivity index (χ1) is 9.11. The first kappa shape index (κ1) is 13.5. The Morgan fingerprint density at radius 3 is 2.74 bits per heavy atom. The second-order valence-electron chi connectivity index (χ2n) is 3.91. The Kier molecular flexibility index (Phi) is 4.12. The molecule has 5 heteroatoms. The number of halogens is 2. The largest absolute Gasteiger partial charge is 0.495 e. The van der Waals surface area contributed by atoms with Crippen molar-refractivity contribution >= 4 is 17.3 Å². The first-order valence-electron chi connectivity index (χ1n) is 5.61. The van der Waals surface area contributed by atoms with E-state index in [1.165, 1.54) is 6.07 Å². The lowest BCUT2D eigenvalue weighted by Gasteiger charge is -2.10. The fraction of sp³-hybridized carbons (Fsp3) is 0.143. The van der Waals surface area contributed by atoms with E-state index in [1.54, 1.807) is 37.4 Å². The molecule has 0 aliphatic rings. The van der Waals surface area contributed by atoms with Crippen molar-refractivity contribution in [3.8, 4) is 11.5 Å². The maximum Gasteiger partial charge on any atom is 0.142 e. The van der Waals surface area contributed by atoms with Crippen molar-refractivity contribution in [2.24, 2.45) is 0 Å². The van der Waals surface area contributed by atoms with Gasteiger partial charge in [-0.05, 0) is 18.2 Å². The summed E-state index contributed by atoms with van der Waals surface area (Å²) >= 11 is 5.84. The molecule has 0 aliphatic heterocycles. The minimum absolute atomic E-state index is 0.0731. The van der Waals surface area contributed by atoms with E-state index in [0.29, 0.717) is 22.7 Å². The van der Waals surface area contributed by atoms with Crippen LogP contribution >= 0.6 is 11.6 Å². The van der Waals surface area contributed by atoms with Gasteiger partial charge in [0.2, 0.25) is 0 Å². The molecule has 2 aromatic rings. The standard InChI is InChI=1S/C14H13ClFNO2/c1-18-13-6-5-10(7-12(13)17)19-8-9-3-2-4-11(16)14(9)15/h2-7H,8,17H2,1H3. The van der Waals surface area contributed by atoms with Crippen LogP contribution in [0.25, 0.3) is 0 Å². The summed E-state index contributed by atoms with van der Waals surface area (Å²) in [6, 6.07) is 9.67. The summed E-state index contributed by atoms with van der Waals surface area (Å²) < 4.78 is 23.8. The summed E-state index contributed by atoms with van der Waals surface area (Å²) in [5.41, 5.74) is 6.82. The highest BCUT2D eigenvalue weighted by Gasteiger charge is 2.07. The molecule has 0 saturated carbocycles. The summed E-state index contributed by atoms with van der Waals surface area (Å²) in [7, 11) is 1.54. The number of nitrogen functional groups attached to an aromatic ring is 1. The zero-order valence-electron chi connectivity index (χ0n) is 10.3. The van der Waals surface area contributed by atoms with Gasteiger partial charge >= 0.3 is 0 Å². The molecular formula is C14H13ClFNO2. The van der Waals surface area contributed by atoms with Crippen molar-refractivity contribution in [1.82, 2.24) is 0 Å². The van der Waals surface area contributed by atoms with Crippen molar-refractivity contribution in [2.45, 2.75) is 6.61 Å². The number of anilines is 1. The van der Waals surface area contributed by atoms with E-state index in [9.17, 15) is 4.39 Å².